The van der Waals surface area contributed by atoms with E-state index in [-0.39, 0.29) is 6.10 Å². The summed E-state index contributed by atoms with van der Waals surface area (Å²) in [5, 5.41) is 9.18. The van der Waals surface area contributed by atoms with E-state index in [9.17, 15) is 5.11 Å². The summed E-state index contributed by atoms with van der Waals surface area (Å²) in [5.74, 6) is 0. The van der Waals surface area contributed by atoms with Crippen LogP contribution in [-0.4, -0.2) is 20.8 Å². The Hall–Kier alpha value is -1.09. The van der Waals surface area contributed by atoms with Crippen LogP contribution in [0.5, 0.6) is 0 Å². The zero-order valence-corrected chi connectivity index (χ0v) is 6.09. The summed E-state index contributed by atoms with van der Waals surface area (Å²) in [6.07, 6.45) is 9.76. The number of imidazole rings is 1. The molecule has 3 heteroatoms. The van der Waals surface area contributed by atoms with Crippen molar-refractivity contribution in [1.82, 2.24) is 9.55 Å². The Morgan fingerprint density at radius 3 is 2.91 bits per heavy atom. The van der Waals surface area contributed by atoms with Crippen molar-refractivity contribution in [3.8, 4) is 0 Å². The molecule has 1 aliphatic carbocycles. The standard InChI is InChI=1S/C8H10N2O/c11-8-2-1-7(5-8)10-4-3-9-6-10/h1-4,6-8,11H,5H2/t7-,8+/m1/s1. The van der Waals surface area contributed by atoms with Crippen LogP contribution in [0.1, 0.15) is 12.5 Å². The highest BCUT2D eigenvalue weighted by Gasteiger charge is 2.16. The van der Waals surface area contributed by atoms with Crippen LogP contribution >= 0.6 is 0 Å². The SMILES string of the molecule is O[C@H]1C=C[C@@H](n2ccnc2)C1. The first-order chi connectivity index (χ1) is 5.36. The molecule has 0 spiro atoms. The summed E-state index contributed by atoms with van der Waals surface area (Å²) in [6, 6.07) is 0.299. The molecule has 2 rings (SSSR count). The molecule has 0 aliphatic heterocycles. The Morgan fingerprint density at radius 1 is 1.45 bits per heavy atom. The van der Waals surface area contributed by atoms with E-state index in [0.29, 0.717) is 6.04 Å². The minimum absolute atomic E-state index is 0.276. The molecule has 2 atom stereocenters. The molecular formula is C8H10N2O. The number of allylic oxidation sites excluding steroid dienone is 1. The molecule has 0 saturated carbocycles. The highest BCUT2D eigenvalue weighted by molar-refractivity contribution is 5.06. The van der Waals surface area contributed by atoms with Gasteiger partial charge in [-0.25, -0.2) is 4.98 Å². The van der Waals surface area contributed by atoms with Crippen LogP contribution < -0.4 is 0 Å². The third-order valence-corrected chi connectivity index (χ3v) is 1.95. The van der Waals surface area contributed by atoms with Crippen LogP contribution in [0.3, 0.4) is 0 Å². The quantitative estimate of drug-likeness (QED) is 0.600. The normalized spacial score (nSPS) is 29.5. The van der Waals surface area contributed by atoms with Gasteiger partial charge in [-0.2, -0.15) is 0 Å². The predicted molar refractivity (Wildman–Crippen MR) is 41.0 cm³/mol. The molecule has 58 valence electrons. The molecule has 11 heavy (non-hydrogen) atoms. The lowest BCUT2D eigenvalue weighted by molar-refractivity contribution is 0.210. The van der Waals surface area contributed by atoms with Gasteiger partial charge in [-0.3, -0.25) is 0 Å². The Bertz CT molecular complexity index is 253. The second-order valence-electron chi connectivity index (χ2n) is 2.77. The van der Waals surface area contributed by atoms with Crippen molar-refractivity contribution in [2.75, 3.05) is 0 Å². The van der Waals surface area contributed by atoms with Crippen molar-refractivity contribution >= 4 is 0 Å². The fourth-order valence-corrected chi connectivity index (χ4v) is 1.35. The first kappa shape index (κ1) is 6.61. The average Bonchev–Trinajstić information content (AvgIpc) is 2.55. The van der Waals surface area contributed by atoms with Crippen LogP contribution in [0.25, 0.3) is 0 Å². The third kappa shape index (κ3) is 1.19. The number of hydrogen-bond donors (Lipinski definition) is 1. The van der Waals surface area contributed by atoms with E-state index in [1.54, 1.807) is 12.5 Å². The van der Waals surface area contributed by atoms with E-state index in [1.807, 2.05) is 22.9 Å². The van der Waals surface area contributed by atoms with Gasteiger partial charge in [-0.05, 0) is 0 Å². The van der Waals surface area contributed by atoms with Crippen LogP contribution in [0.4, 0.5) is 0 Å². The number of aromatic nitrogens is 2. The van der Waals surface area contributed by atoms with E-state index in [1.165, 1.54) is 0 Å². The summed E-state index contributed by atoms with van der Waals surface area (Å²) in [6.45, 7) is 0. The van der Waals surface area contributed by atoms with Crippen molar-refractivity contribution < 1.29 is 5.11 Å². The molecule has 0 fully saturated rings. The van der Waals surface area contributed by atoms with Gasteiger partial charge >= 0.3 is 0 Å². The van der Waals surface area contributed by atoms with Crippen LogP contribution in [0, 0.1) is 0 Å². The van der Waals surface area contributed by atoms with Gasteiger partial charge in [0.15, 0.2) is 0 Å². The van der Waals surface area contributed by atoms with Gasteiger partial charge in [0.1, 0.15) is 0 Å². The number of aliphatic hydroxyl groups is 1. The highest BCUT2D eigenvalue weighted by atomic mass is 16.3. The molecule has 0 amide bonds. The van der Waals surface area contributed by atoms with Crippen molar-refractivity contribution in [3.05, 3.63) is 30.9 Å². The number of aliphatic hydroxyl groups excluding tert-OH is 1. The lowest BCUT2D eigenvalue weighted by atomic mass is 10.2. The van der Waals surface area contributed by atoms with Crippen molar-refractivity contribution in [2.24, 2.45) is 0 Å². The van der Waals surface area contributed by atoms with E-state index < -0.39 is 0 Å². The number of rotatable bonds is 1. The molecule has 1 heterocycles. The molecule has 3 nitrogen and oxygen atoms in total. The summed E-state index contributed by atoms with van der Waals surface area (Å²) in [4.78, 5) is 3.94. The van der Waals surface area contributed by atoms with Gasteiger partial charge < -0.3 is 9.67 Å². The smallest absolute Gasteiger partial charge is 0.0951 e. The monoisotopic (exact) mass is 150 g/mol. The summed E-state index contributed by atoms with van der Waals surface area (Å²) >= 11 is 0. The Kier molecular flexibility index (Phi) is 1.51. The average molecular weight is 150 g/mol. The second-order valence-corrected chi connectivity index (χ2v) is 2.77. The van der Waals surface area contributed by atoms with Gasteiger partial charge in [-0.1, -0.05) is 12.2 Å². The largest absolute Gasteiger partial charge is 0.389 e. The van der Waals surface area contributed by atoms with E-state index in [0.717, 1.165) is 6.42 Å². The molecule has 1 aliphatic rings. The first-order valence-corrected chi connectivity index (χ1v) is 3.70. The molecule has 1 aromatic heterocycles. The first-order valence-electron chi connectivity index (χ1n) is 3.70. The maximum atomic E-state index is 9.18. The lowest BCUT2D eigenvalue weighted by Crippen LogP contribution is -2.05. The Labute approximate surface area is 65.0 Å². The fraction of sp³-hybridized carbons (Fsp3) is 0.375. The van der Waals surface area contributed by atoms with Crippen LogP contribution in [-0.2, 0) is 0 Å². The van der Waals surface area contributed by atoms with E-state index in [4.69, 9.17) is 0 Å². The molecule has 0 bridgehead atoms. The summed E-state index contributed by atoms with van der Waals surface area (Å²) in [5.41, 5.74) is 0. The molecule has 0 unspecified atom stereocenters. The topological polar surface area (TPSA) is 38.0 Å². The Balaban J connectivity index is 2.15. The lowest BCUT2D eigenvalue weighted by Gasteiger charge is -2.08. The van der Waals surface area contributed by atoms with Crippen molar-refractivity contribution in [2.45, 2.75) is 18.6 Å². The minimum atomic E-state index is -0.276. The number of hydrogen-bond acceptors (Lipinski definition) is 2. The number of nitrogens with zero attached hydrogens (tertiary/aromatic N) is 2. The second kappa shape index (κ2) is 2.51. The van der Waals surface area contributed by atoms with Gasteiger partial charge in [0, 0.05) is 18.8 Å². The van der Waals surface area contributed by atoms with Crippen molar-refractivity contribution in [3.63, 3.8) is 0 Å². The molecule has 0 saturated heterocycles. The van der Waals surface area contributed by atoms with Crippen LogP contribution in [0.15, 0.2) is 30.9 Å². The minimum Gasteiger partial charge on any atom is -0.389 e. The predicted octanol–water partition coefficient (Wildman–Crippen LogP) is 0.745. The van der Waals surface area contributed by atoms with Gasteiger partial charge in [-0.15, -0.1) is 0 Å². The van der Waals surface area contributed by atoms with Crippen LogP contribution in [0.2, 0.25) is 0 Å². The zero-order chi connectivity index (χ0) is 7.68. The molecule has 0 aromatic carbocycles. The molecule has 1 N–H and O–H groups in total. The molecular weight excluding hydrogens is 140 g/mol. The molecule has 1 aromatic rings. The Morgan fingerprint density at radius 2 is 2.36 bits per heavy atom. The highest BCUT2D eigenvalue weighted by Crippen LogP contribution is 2.21. The van der Waals surface area contributed by atoms with Gasteiger partial charge in [0.2, 0.25) is 0 Å². The van der Waals surface area contributed by atoms with E-state index >= 15 is 0 Å². The zero-order valence-electron chi connectivity index (χ0n) is 6.09. The summed E-state index contributed by atoms with van der Waals surface area (Å²) in [7, 11) is 0. The van der Waals surface area contributed by atoms with Gasteiger partial charge in [0.05, 0.1) is 18.5 Å². The fourth-order valence-electron chi connectivity index (χ4n) is 1.35. The summed E-state index contributed by atoms with van der Waals surface area (Å²) < 4.78 is 1.99. The van der Waals surface area contributed by atoms with E-state index in [2.05, 4.69) is 4.98 Å². The maximum absolute atomic E-state index is 9.18. The maximum Gasteiger partial charge on any atom is 0.0951 e. The van der Waals surface area contributed by atoms with Gasteiger partial charge in [0.25, 0.3) is 0 Å². The third-order valence-electron chi connectivity index (χ3n) is 1.95. The molecule has 0 radical (unpaired) electrons. The van der Waals surface area contributed by atoms with Crippen molar-refractivity contribution in [1.29, 1.82) is 0 Å².